The lowest BCUT2D eigenvalue weighted by Gasteiger charge is -2.33. The molecule has 1 saturated carbocycles. The number of aromatic nitrogens is 1. The van der Waals surface area contributed by atoms with Crippen LogP contribution in [0.15, 0.2) is 54.7 Å². The molecule has 0 spiro atoms. The molecule has 4 rings (SSSR count). The molecular weight excluding hydrogens is 374 g/mol. The molecule has 0 unspecified atom stereocenters. The van der Waals surface area contributed by atoms with Crippen LogP contribution in [0.25, 0.3) is 10.9 Å². The molecule has 0 amide bonds. The third kappa shape index (κ3) is 4.81. The van der Waals surface area contributed by atoms with E-state index in [1.165, 1.54) is 60.6 Å². The van der Waals surface area contributed by atoms with Gasteiger partial charge in [-0.15, -0.1) is 0 Å². The zero-order valence-corrected chi connectivity index (χ0v) is 18.1. The Morgan fingerprint density at radius 1 is 1.03 bits per heavy atom. The number of H-pyrrole nitrogens is 1. The molecule has 0 aliphatic heterocycles. The molecule has 2 N–H and O–H groups in total. The van der Waals surface area contributed by atoms with Crippen molar-refractivity contribution in [3.63, 3.8) is 0 Å². The van der Waals surface area contributed by atoms with E-state index < -0.39 is 0 Å². The number of aromatic amines is 1. The van der Waals surface area contributed by atoms with Gasteiger partial charge >= 0.3 is 0 Å². The lowest BCUT2D eigenvalue weighted by atomic mass is 10.1. The van der Waals surface area contributed by atoms with Crippen LogP contribution in [-0.4, -0.2) is 21.0 Å². The predicted octanol–water partition coefficient (Wildman–Crippen LogP) is 6.65. The predicted molar refractivity (Wildman–Crippen MR) is 127 cm³/mol. The zero-order chi connectivity index (χ0) is 20.1. The molecule has 2 aromatic carbocycles. The maximum Gasteiger partial charge on any atom is 0.173 e. The Morgan fingerprint density at radius 3 is 2.48 bits per heavy atom. The molecule has 1 aromatic heterocycles. The molecule has 4 heteroatoms. The molecule has 1 heterocycles. The van der Waals surface area contributed by atoms with Gasteiger partial charge < -0.3 is 15.2 Å². The van der Waals surface area contributed by atoms with E-state index in [4.69, 9.17) is 12.2 Å². The van der Waals surface area contributed by atoms with Crippen molar-refractivity contribution in [1.29, 1.82) is 0 Å². The summed E-state index contributed by atoms with van der Waals surface area (Å²) in [5.74, 6) is 0. The number of anilines is 1. The molecule has 1 aliphatic rings. The molecular formula is C25H31N3S. The van der Waals surface area contributed by atoms with Gasteiger partial charge in [-0.05, 0) is 60.8 Å². The average molecular weight is 406 g/mol. The lowest BCUT2D eigenvalue weighted by Crippen LogP contribution is -2.42. The van der Waals surface area contributed by atoms with Crippen molar-refractivity contribution in [3.05, 3.63) is 65.9 Å². The van der Waals surface area contributed by atoms with E-state index in [0.717, 1.165) is 23.8 Å². The third-order valence-electron chi connectivity index (χ3n) is 6.16. The Labute approximate surface area is 179 Å². The van der Waals surface area contributed by atoms with Gasteiger partial charge in [0.15, 0.2) is 5.11 Å². The first-order valence-electron chi connectivity index (χ1n) is 11.0. The Kier molecular flexibility index (Phi) is 6.50. The number of rotatable bonds is 5. The van der Waals surface area contributed by atoms with Crippen LogP contribution >= 0.6 is 12.2 Å². The quantitative estimate of drug-likeness (QED) is 0.368. The summed E-state index contributed by atoms with van der Waals surface area (Å²) in [6, 6.07) is 17.7. The highest BCUT2D eigenvalue weighted by Crippen LogP contribution is 2.27. The number of benzene rings is 2. The van der Waals surface area contributed by atoms with Crippen LogP contribution < -0.4 is 5.32 Å². The van der Waals surface area contributed by atoms with Crippen molar-refractivity contribution >= 4 is 33.9 Å². The first-order valence-corrected chi connectivity index (χ1v) is 11.4. The van der Waals surface area contributed by atoms with Crippen LogP contribution in [0.3, 0.4) is 0 Å². The highest BCUT2D eigenvalue weighted by atomic mass is 32.1. The van der Waals surface area contributed by atoms with Gasteiger partial charge in [0.05, 0.1) is 0 Å². The molecule has 29 heavy (non-hydrogen) atoms. The van der Waals surface area contributed by atoms with Crippen molar-refractivity contribution in [2.75, 3.05) is 5.32 Å². The van der Waals surface area contributed by atoms with E-state index in [2.05, 4.69) is 76.9 Å². The number of hydrogen-bond acceptors (Lipinski definition) is 1. The smallest absolute Gasteiger partial charge is 0.173 e. The number of para-hydroxylation sites is 1. The van der Waals surface area contributed by atoms with E-state index in [1.54, 1.807) is 0 Å². The first-order chi connectivity index (χ1) is 14.2. The van der Waals surface area contributed by atoms with Gasteiger partial charge in [-0.1, -0.05) is 62.9 Å². The number of nitrogens with one attached hydrogen (secondary N) is 2. The highest BCUT2D eigenvalue weighted by Gasteiger charge is 2.23. The molecule has 3 aromatic rings. The van der Waals surface area contributed by atoms with Crippen LogP contribution in [0.4, 0.5) is 5.69 Å². The molecule has 0 radical (unpaired) electrons. The van der Waals surface area contributed by atoms with E-state index in [9.17, 15) is 0 Å². The van der Waals surface area contributed by atoms with Crippen LogP contribution in [0, 0.1) is 0 Å². The van der Waals surface area contributed by atoms with Gasteiger partial charge in [0.1, 0.15) is 0 Å². The van der Waals surface area contributed by atoms with Crippen molar-refractivity contribution in [1.82, 2.24) is 9.88 Å². The minimum atomic E-state index is 0.501. The monoisotopic (exact) mass is 405 g/mol. The number of thiocarbonyl (C=S) groups is 1. The average Bonchev–Trinajstić information content (AvgIpc) is 2.97. The number of hydrogen-bond donors (Lipinski definition) is 2. The number of nitrogens with zero attached hydrogens (tertiary/aromatic N) is 1. The fraction of sp³-hybridized carbons (Fsp3) is 0.400. The van der Waals surface area contributed by atoms with Gasteiger partial charge in [-0.3, -0.25) is 0 Å². The molecule has 1 fully saturated rings. The maximum absolute atomic E-state index is 5.94. The molecule has 0 atom stereocenters. The van der Waals surface area contributed by atoms with Gasteiger partial charge in [0.25, 0.3) is 0 Å². The van der Waals surface area contributed by atoms with Crippen LogP contribution in [0.2, 0.25) is 0 Å². The van der Waals surface area contributed by atoms with Crippen molar-refractivity contribution in [2.24, 2.45) is 0 Å². The summed E-state index contributed by atoms with van der Waals surface area (Å²) in [5.41, 5.74) is 4.93. The fourth-order valence-corrected chi connectivity index (χ4v) is 4.73. The molecule has 1 aliphatic carbocycles. The fourth-order valence-electron chi connectivity index (χ4n) is 4.40. The van der Waals surface area contributed by atoms with Crippen molar-refractivity contribution < 1.29 is 0 Å². The summed E-state index contributed by atoms with van der Waals surface area (Å²) in [5, 5.41) is 5.65. The summed E-state index contributed by atoms with van der Waals surface area (Å²) in [6.07, 6.45) is 10.9. The normalized spacial score (nSPS) is 15.2. The van der Waals surface area contributed by atoms with Gasteiger partial charge in [0.2, 0.25) is 0 Å². The van der Waals surface area contributed by atoms with Crippen LogP contribution in [-0.2, 0) is 13.0 Å². The minimum absolute atomic E-state index is 0.501. The molecule has 0 saturated heterocycles. The summed E-state index contributed by atoms with van der Waals surface area (Å²) in [4.78, 5) is 5.85. The van der Waals surface area contributed by atoms with E-state index >= 15 is 0 Å². The third-order valence-corrected chi connectivity index (χ3v) is 6.49. The summed E-state index contributed by atoms with van der Waals surface area (Å²) in [7, 11) is 0. The minimum Gasteiger partial charge on any atom is -0.361 e. The second-order valence-corrected chi connectivity index (χ2v) is 8.50. The Balaban J connectivity index is 1.57. The largest absolute Gasteiger partial charge is 0.361 e. The summed E-state index contributed by atoms with van der Waals surface area (Å²) >= 11 is 5.94. The van der Waals surface area contributed by atoms with Gasteiger partial charge in [-0.2, -0.15) is 0 Å². The van der Waals surface area contributed by atoms with Crippen molar-refractivity contribution in [2.45, 2.75) is 64.5 Å². The second-order valence-electron chi connectivity index (χ2n) is 8.11. The zero-order valence-electron chi connectivity index (χ0n) is 17.3. The van der Waals surface area contributed by atoms with Crippen molar-refractivity contribution in [3.8, 4) is 0 Å². The van der Waals surface area contributed by atoms with Crippen LogP contribution in [0.1, 0.15) is 56.6 Å². The van der Waals surface area contributed by atoms with E-state index in [1.807, 2.05) is 0 Å². The lowest BCUT2D eigenvalue weighted by molar-refractivity contribution is 0.281. The topological polar surface area (TPSA) is 31.1 Å². The Morgan fingerprint density at radius 2 is 1.76 bits per heavy atom. The molecule has 0 bridgehead atoms. The summed E-state index contributed by atoms with van der Waals surface area (Å²) < 4.78 is 0. The Hall–Kier alpha value is -2.33. The Bertz CT molecular complexity index is 936. The summed E-state index contributed by atoms with van der Waals surface area (Å²) in [6.45, 7) is 3.02. The molecule has 3 nitrogen and oxygen atoms in total. The van der Waals surface area contributed by atoms with E-state index in [-0.39, 0.29) is 0 Å². The van der Waals surface area contributed by atoms with E-state index in [0.29, 0.717) is 6.04 Å². The second kappa shape index (κ2) is 9.45. The van der Waals surface area contributed by atoms with Gasteiger partial charge in [-0.25, -0.2) is 0 Å². The number of fused-ring (bicyclic) bond motifs is 1. The SMILES string of the molecule is CCc1ccc(NC(=S)N(Cc2c[nH]c3ccccc23)C2CCCCCC2)cc1. The maximum atomic E-state index is 5.94. The van der Waals surface area contributed by atoms with Crippen LogP contribution in [0.5, 0.6) is 0 Å². The standard InChI is InChI=1S/C25H31N3S/c1-2-19-13-15-21(16-14-19)27-25(29)28(22-9-5-3-4-6-10-22)18-20-17-26-24-12-8-7-11-23(20)24/h7-8,11-17,22,26H,2-6,9-10,18H2,1H3,(H,27,29). The van der Waals surface area contributed by atoms with Gasteiger partial charge in [0, 0.05) is 35.4 Å². The first kappa shape index (κ1) is 20.0. The highest BCUT2D eigenvalue weighted by molar-refractivity contribution is 7.80. The number of aryl methyl sites for hydroxylation is 1. The molecule has 152 valence electrons.